The Balaban J connectivity index is 1.64. The van der Waals surface area contributed by atoms with Crippen LogP contribution in [0.25, 0.3) is 0 Å². The van der Waals surface area contributed by atoms with Gasteiger partial charge < -0.3 is 9.90 Å². The molecule has 8 atom stereocenters. The first kappa shape index (κ1) is 17.1. The molecule has 0 aromatic heterocycles. The summed E-state index contributed by atoms with van der Waals surface area (Å²) in [5.74, 6) is 2.70. The molecule has 2 nitrogen and oxygen atoms in total. The number of fused-ring (bicyclic) bond motifs is 5. The Bertz CT molecular complexity index is 754. The van der Waals surface area contributed by atoms with E-state index in [4.69, 9.17) is 4.11 Å². The molecule has 3 fully saturated rings. The van der Waals surface area contributed by atoms with Crippen LogP contribution in [0, 0.1) is 40.4 Å². The molecular weight excluding hydrogens is 344 g/mol. The molecule has 0 saturated heterocycles. The standard InChI is InChI=1S/C26H42O2/c1-17(6-7-18(2)27)21-10-11-22-20-9-8-19-16-24(3,28)14-15-25(19,4)23(20)12-13-26(21,22)5/h8,17,20-23,28H,6-7,9-16H2,1-5H3/t17-,20+,21-,22+,23+,24+,25+,26-/m1/s1/i4D3. The second-order valence-electron chi connectivity index (χ2n) is 11.4. The van der Waals surface area contributed by atoms with Gasteiger partial charge in [0.2, 0.25) is 0 Å². The van der Waals surface area contributed by atoms with Crippen molar-refractivity contribution in [2.75, 3.05) is 0 Å². The van der Waals surface area contributed by atoms with Gasteiger partial charge in [-0.1, -0.05) is 32.3 Å². The van der Waals surface area contributed by atoms with Gasteiger partial charge in [0, 0.05) is 10.5 Å². The van der Waals surface area contributed by atoms with E-state index in [-0.39, 0.29) is 17.1 Å². The largest absolute Gasteiger partial charge is 0.390 e. The molecule has 158 valence electrons. The van der Waals surface area contributed by atoms with Crippen LogP contribution in [0.4, 0.5) is 0 Å². The highest BCUT2D eigenvalue weighted by atomic mass is 16.3. The molecule has 0 aliphatic heterocycles. The monoisotopic (exact) mass is 389 g/mol. The maximum Gasteiger partial charge on any atom is 0.129 e. The Kier molecular flexibility index (Phi) is 4.25. The first-order valence-electron chi connectivity index (χ1n) is 13.2. The molecule has 0 radical (unpaired) electrons. The van der Waals surface area contributed by atoms with Crippen LogP contribution in [0.15, 0.2) is 11.6 Å². The summed E-state index contributed by atoms with van der Waals surface area (Å²) in [5.41, 5.74) is -0.226. The third kappa shape index (κ3) is 3.22. The van der Waals surface area contributed by atoms with Gasteiger partial charge in [-0.2, -0.15) is 0 Å². The molecular formula is C26H42O2. The van der Waals surface area contributed by atoms with Crippen LogP contribution in [0.1, 0.15) is 103 Å². The second-order valence-corrected chi connectivity index (χ2v) is 11.4. The molecule has 0 amide bonds. The fourth-order valence-electron chi connectivity index (χ4n) is 8.08. The van der Waals surface area contributed by atoms with E-state index < -0.39 is 17.9 Å². The summed E-state index contributed by atoms with van der Waals surface area (Å²) in [4.78, 5) is 11.5. The van der Waals surface area contributed by atoms with Crippen LogP contribution in [-0.4, -0.2) is 16.5 Å². The lowest BCUT2D eigenvalue weighted by Crippen LogP contribution is -2.52. The first-order valence-corrected chi connectivity index (χ1v) is 11.7. The molecule has 0 aromatic carbocycles. The second kappa shape index (κ2) is 6.96. The zero-order valence-electron chi connectivity index (χ0n) is 21.4. The van der Waals surface area contributed by atoms with Crippen molar-refractivity contribution >= 4 is 5.78 Å². The van der Waals surface area contributed by atoms with E-state index in [1.54, 1.807) is 6.92 Å². The number of hydrogen-bond acceptors (Lipinski definition) is 2. The van der Waals surface area contributed by atoms with E-state index in [0.717, 1.165) is 31.3 Å². The number of rotatable bonds is 4. The van der Waals surface area contributed by atoms with Crippen LogP contribution in [0.2, 0.25) is 0 Å². The summed E-state index contributed by atoms with van der Waals surface area (Å²) in [6.07, 6.45) is 11.1. The van der Waals surface area contributed by atoms with Crippen LogP contribution in [0.3, 0.4) is 0 Å². The average molecular weight is 390 g/mol. The van der Waals surface area contributed by atoms with Gasteiger partial charge in [0.1, 0.15) is 5.78 Å². The molecule has 0 spiro atoms. The molecule has 28 heavy (non-hydrogen) atoms. The number of hydrogen-bond donors (Lipinski definition) is 1. The van der Waals surface area contributed by atoms with E-state index in [1.165, 1.54) is 12.8 Å². The predicted octanol–water partition coefficient (Wildman–Crippen LogP) is 6.32. The van der Waals surface area contributed by atoms with Gasteiger partial charge in [0.05, 0.1) is 5.60 Å². The SMILES string of the molecule is [2H]C([2H])([2H])[C@]12CC[C@](C)(O)CC1=CC[C@H]1[C@@H]3CC[C@H]([C@H](C)CCC(C)=O)[C@@]3(C)CC[C@@H]12. The van der Waals surface area contributed by atoms with E-state index in [2.05, 4.69) is 19.9 Å². The summed E-state index contributed by atoms with van der Waals surface area (Å²) in [6.45, 7) is 6.35. The predicted molar refractivity (Wildman–Crippen MR) is 115 cm³/mol. The van der Waals surface area contributed by atoms with Gasteiger partial charge in [-0.3, -0.25) is 0 Å². The Morgan fingerprint density at radius 1 is 1.25 bits per heavy atom. The van der Waals surface area contributed by atoms with Gasteiger partial charge in [0.15, 0.2) is 0 Å². The highest BCUT2D eigenvalue weighted by molar-refractivity contribution is 5.75. The van der Waals surface area contributed by atoms with Crippen LogP contribution in [-0.2, 0) is 4.79 Å². The maximum atomic E-state index is 11.5. The van der Waals surface area contributed by atoms with Crippen molar-refractivity contribution in [2.24, 2.45) is 40.4 Å². The van der Waals surface area contributed by atoms with Gasteiger partial charge in [-0.25, -0.2) is 0 Å². The minimum absolute atomic E-state index is 0.209. The minimum Gasteiger partial charge on any atom is -0.390 e. The van der Waals surface area contributed by atoms with Crippen molar-refractivity contribution in [3.63, 3.8) is 0 Å². The molecule has 0 aromatic rings. The van der Waals surface area contributed by atoms with Gasteiger partial charge in [-0.05, 0) is 112 Å². The van der Waals surface area contributed by atoms with Crippen molar-refractivity contribution in [3.8, 4) is 0 Å². The van der Waals surface area contributed by atoms with Crippen molar-refractivity contribution < 1.29 is 14.0 Å². The summed E-state index contributed by atoms with van der Waals surface area (Å²) in [7, 11) is 0. The summed E-state index contributed by atoms with van der Waals surface area (Å²) < 4.78 is 25.8. The summed E-state index contributed by atoms with van der Waals surface area (Å²) >= 11 is 0. The van der Waals surface area contributed by atoms with E-state index in [9.17, 15) is 9.90 Å². The number of aliphatic hydroxyl groups is 1. The third-order valence-electron chi connectivity index (χ3n) is 9.62. The number of carbonyl (C=O) groups is 1. The zero-order valence-corrected chi connectivity index (χ0v) is 18.4. The van der Waals surface area contributed by atoms with E-state index in [1.807, 2.05) is 6.92 Å². The topological polar surface area (TPSA) is 37.3 Å². The molecule has 4 aliphatic carbocycles. The third-order valence-corrected chi connectivity index (χ3v) is 9.62. The quantitative estimate of drug-likeness (QED) is 0.571. The number of ketones is 1. The fourth-order valence-corrected chi connectivity index (χ4v) is 8.08. The van der Waals surface area contributed by atoms with E-state index >= 15 is 0 Å². The molecule has 0 bridgehead atoms. The lowest BCUT2D eigenvalue weighted by Gasteiger charge is -2.59. The molecule has 3 saturated carbocycles. The number of allylic oxidation sites excluding steroid dienone is 1. The van der Waals surface area contributed by atoms with Gasteiger partial charge >= 0.3 is 0 Å². The first-order chi connectivity index (χ1) is 14.3. The zero-order chi connectivity index (χ0) is 22.8. The minimum atomic E-state index is -2.01. The molecule has 2 heteroatoms. The molecule has 0 unspecified atom stereocenters. The molecule has 1 N–H and O–H groups in total. The Morgan fingerprint density at radius 3 is 2.75 bits per heavy atom. The van der Waals surface area contributed by atoms with Crippen molar-refractivity contribution in [1.29, 1.82) is 0 Å². The summed E-state index contributed by atoms with van der Waals surface area (Å²) in [6, 6.07) is 0. The maximum absolute atomic E-state index is 11.5. The van der Waals surface area contributed by atoms with Gasteiger partial charge in [0.25, 0.3) is 0 Å². The van der Waals surface area contributed by atoms with Crippen LogP contribution in [0.5, 0.6) is 0 Å². The Labute approximate surface area is 176 Å². The van der Waals surface area contributed by atoms with Crippen LogP contribution >= 0.6 is 0 Å². The normalized spacial score (nSPS) is 50.9. The molecule has 4 rings (SSSR count). The Hall–Kier alpha value is -0.630. The Morgan fingerprint density at radius 2 is 2.04 bits per heavy atom. The smallest absolute Gasteiger partial charge is 0.129 e. The van der Waals surface area contributed by atoms with Crippen molar-refractivity contribution in [2.45, 2.75) is 104 Å². The average Bonchev–Trinajstić information content (AvgIpc) is 3.01. The van der Waals surface area contributed by atoms with Crippen LogP contribution < -0.4 is 0 Å². The number of carbonyl (C=O) groups excluding carboxylic acids is 1. The lowest BCUT2D eigenvalue weighted by molar-refractivity contribution is -0.117. The highest BCUT2D eigenvalue weighted by Gasteiger charge is 2.59. The molecule has 0 heterocycles. The lowest BCUT2D eigenvalue weighted by atomic mass is 9.46. The van der Waals surface area contributed by atoms with Crippen molar-refractivity contribution in [1.82, 2.24) is 0 Å². The highest BCUT2D eigenvalue weighted by Crippen LogP contribution is 2.67. The summed E-state index contributed by atoms with van der Waals surface area (Å²) in [5, 5.41) is 10.7. The van der Waals surface area contributed by atoms with Crippen molar-refractivity contribution in [3.05, 3.63) is 11.6 Å². The van der Waals surface area contributed by atoms with Gasteiger partial charge in [-0.15, -0.1) is 0 Å². The number of Topliss-reactive ketones (excluding diaryl/α,β-unsaturated/α-hetero) is 1. The van der Waals surface area contributed by atoms with E-state index in [0.29, 0.717) is 49.4 Å². The molecule has 4 aliphatic rings. The fraction of sp³-hybridized carbons (Fsp3) is 0.885.